The van der Waals surface area contributed by atoms with Crippen molar-refractivity contribution in [1.29, 1.82) is 0 Å². The fourth-order valence-electron chi connectivity index (χ4n) is 4.09. The first-order valence-corrected chi connectivity index (χ1v) is 11.8. The lowest BCUT2D eigenvalue weighted by Crippen LogP contribution is -2.56. The van der Waals surface area contributed by atoms with E-state index in [9.17, 15) is 14.4 Å². The third kappa shape index (κ3) is 5.42. The molecule has 2 aliphatic rings. The second-order valence-electron chi connectivity index (χ2n) is 8.07. The maximum atomic E-state index is 13.0. The van der Waals surface area contributed by atoms with Crippen LogP contribution in [-0.2, 0) is 22.6 Å². The van der Waals surface area contributed by atoms with Gasteiger partial charge in [-0.2, -0.15) is 0 Å². The molecule has 3 amide bonds. The first-order valence-electron chi connectivity index (χ1n) is 10.2. The van der Waals surface area contributed by atoms with Crippen molar-refractivity contribution in [2.24, 2.45) is 5.73 Å². The Morgan fingerprint density at radius 2 is 1.91 bits per heavy atom. The van der Waals surface area contributed by atoms with Crippen molar-refractivity contribution in [3.8, 4) is 0 Å². The minimum absolute atomic E-state index is 0. The number of nitrogens with one attached hydrogen (secondary N) is 2. The molecule has 2 aromatic heterocycles. The molecule has 1 saturated carbocycles. The number of nitrogens with zero attached hydrogens (tertiary/aromatic N) is 4. The summed E-state index contributed by atoms with van der Waals surface area (Å²) in [5.74, 6) is -2.03. The Kier molecular flexibility index (Phi) is 7.80. The lowest BCUT2D eigenvalue weighted by Gasteiger charge is -2.35. The SMILES string of the molecule is Cc1nnc([C@H]2CC[C@H](NC(=O)C(N)=O)[C@H](NC(=O)c3nc4c(s3)CN(C)CC4)C2)s1.Cl. The standard InChI is InChI=1S/C19H25N7O3S2.ClH/c1-9-24-25-18(30-9)10-3-4-11(21-16(28)15(20)27)13(7-10)22-17(29)19-23-12-5-6-26(2)8-14(12)31-19;/h10-11,13H,3-8H2,1-2H3,(H2,20,27)(H,21,28)(H,22,29);1H/t10-,11-,13+;/m0./s1. The van der Waals surface area contributed by atoms with Gasteiger partial charge in [-0.1, -0.05) is 0 Å². The monoisotopic (exact) mass is 499 g/mol. The number of primary amides is 1. The van der Waals surface area contributed by atoms with Crippen LogP contribution in [0.4, 0.5) is 0 Å². The van der Waals surface area contributed by atoms with Crippen LogP contribution in [0.15, 0.2) is 0 Å². The number of amides is 3. The van der Waals surface area contributed by atoms with Gasteiger partial charge in [-0.15, -0.1) is 45.3 Å². The minimum Gasteiger partial charge on any atom is -0.361 e. The molecule has 32 heavy (non-hydrogen) atoms. The molecule has 0 aromatic carbocycles. The second kappa shape index (κ2) is 10.2. The van der Waals surface area contributed by atoms with Crippen molar-refractivity contribution in [2.75, 3.05) is 13.6 Å². The van der Waals surface area contributed by atoms with Gasteiger partial charge < -0.3 is 21.3 Å². The molecule has 1 aliphatic heterocycles. The van der Waals surface area contributed by atoms with Gasteiger partial charge in [0.25, 0.3) is 5.91 Å². The van der Waals surface area contributed by atoms with E-state index in [0.717, 1.165) is 46.5 Å². The van der Waals surface area contributed by atoms with Crippen molar-refractivity contribution in [2.45, 2.75) is 57.2 Å². The third-order valence-electron chi connectivity index (χ3n) is 5.71. The Balaban J connectivity index is 0.00000289. The molecule has 4 rings (SSSR count). The zero-order valence-electron chi connectivity index (χ0n) is 17.8. The lowest BCUT2D eigenvalue weighted by molar-refractivity contribution is -0.138. The Hall–Kier alpha value is -2.15. The third-order valence-corrected chi connectivity index (χ3v) is 7.80. The first kappa shape index (κ1) is 24.5. The molecule has 13 heteroatoms. The number of carbonyl (C=O) groups is 3. The Labute approximate surface area is 199 Å². The van der Waals surface area contributed by atoms with Crippen LogP contribution in [-0.4, -0.2) is 63.5 Å². The largest absolute Gasteiger partial charge is 0.361 e. The fraction of sp³-hybridized carbons (Fsp3) is 0.579. The average Bonchev–Trinajstić information content (AvgIpc) is 3.35. The Morgan fingerprint density at radius 1 is 1.12 bits per heavy atom. The first-order chi connectivity index (χ1) is 14.8. The van der Waals surface area contributed by atoms with E-state index >= 15 is 0 Å². The van der Waals surface area contributed by atoms with Gasteiger partial charge in [-0.3, -0.25) is 14.4 Å². The number of likely N-dealkylation sites (N-methyl/N-ethyl adjacent to an activating group) is 1. The van der Waals surface area contributed by atoms with E-state index in [1.807, 2.05) is 14.0 Å². The van der Waals surface area contributed by atoms with Crippen molar-refractivity contribution in [3.05, 3.63) is 25.6 Å². The van der Waals surface area contributed by atoms with E-state index in [1.165, 1.54) is 22.7 Å². The number of hydrogen-bond donors (Lipinski definition) is 3. The van der Waals surface area contributed by atoms with Crippen molar-refractivity contribution in [1.82, 2.24) is 30.7 Å². The van der Waals surface area contributed by atoms with Gasteiger partial charge in [0.2, 0.25) is 0 Å². The maximum absolute atomic E-state index is 13.0. The summed E-state index contributed by atoms with van der Waals surface area (Å²) in [7, 11) is 2.05. The number of fused-ring (bicyclic) bond motifs is 1. The second-order valence-corrected chi connectivity index (χ2v) is 10.4. The highest BCUT2D eigenvalue weighted by molar-refractivity contribution is 7.13. The summed E-state index contributed by atoms with van der Waals surface area (Å²) < 4.78 is 0. The van der Waals surface area contributed by atoms with Crippen LogP contribution in [0.25, 0.3) is 0 Å². The summed E-state index contributed by atoms with van der Waals surface area (Å²) >= 11 is 2.95. The molecule has 3 heterocycles. The fourth-order valence-corrected chi connectivity index (χ4v) is 6.03. The summed E-state index contributed by atoms with van der Waals surface area (Å²) in [6.07, 6.45) is 2.77. The average molecular weight is 500 g/mol. The summed E-state index contributed by atoms with van der Waals surface area (Å²) in [6.45, 7) is 3.62. The quantitative estimate of drug-likeness (QED) is 0.526. The number of aryl methyl sites for hydroxylation is 1. The van der Waals surface area contributed by atoms with Gasteiger partial charge in [-0.25, -0.2) is 4.98 Å². The number of thiazole rings is 1. The maximum Gasteiger partial charge on any atom is 0.309 e. The molecule has 1 fully saturated rings. The molecule has 4 N–H and O–H groups in total. The van der Waals surface area contributed by atoms with Crippen LogP contribution in [0.5, 0.6) is 0 Å². The number of nitrogens with two attached hydrogens (primary N) is 1. The van der Waals surface area contributed by atoms with Crippen LogP contribution in [0.2, 0.25) is 0 Å². The van der Waals surface area contributed by atoms with Crippen molar-refractivity contribution in [3.63, 3.8) is 0 Å². The molecule has 0 unspecified atom stereocenters. The molecule has 1 aliphatic carbocycles. The highest BCUT2D eigenvalue weighted by Crippen LogP contribution is 2.35. The highest BCUT2D eigenvalue weighted by Gasteiger charge is 2.36. The summed E-state index contributed by atoms with van der Waals surface area (Å²) in [5, 5.41) is 16.3. The van der Waals surface area contributed by atoms with Gasteiger partial charge in [0, 0.05) is 36.3 Å². The zero-order valence-corrected chi connectivity index (χ0v) is 20.2. The number of rotatable bonds is 4. The highest BCUT2D eigenvalue weighted by atomic mass is 35.5. The normalized spacial score (nSPS) is 23.0. The van der Waals surface area contributed by atoms with E-state index in [1.54, 1.807) is 0 Å². The molecule has 0 spiro atoms. The van der Waals surface area contributed by atoms with Crippen molar-refractivity contribution >= 4 is 52.8 Å². The minimum atomic E-state index is -1.04. The molecule has 2 aromatic rings. The van der Waals surface area contributed by atoms with Crippen LogP contribution in [0, 0.1) is 6.92 Å². The van der Waals surface area contributed by atoms with Gasteiger partial charge in [0.15, 0.2) is 5.01 Å². The molecular formula is C19H26ClN7O3S2. The lowest BCUT2D eigenvalue weighted by atomic mass is 9.82. The zero-order chi connectivity index (χ0) is 22.1. The molecular weight excluding hydrogens is 474 g/mol. The predicted molar refractivity (Wildman–Crippen MR) is 123 cm³/mol. The predicted octanol–water partition coefficient (Wildman–Crippen LogP) is 0.749. The van der Waals surface area contributed by atoms with Crippen molar-refractivity contribution < 1.29 is 14.4 Å². The van der Waals surface area contributed by atoms with E-state index in [-0.39, 0.29) is 30.3 Å². The van der Waals surface area contributed by atoms with Gasteiger partial charge >= 0.3 is 11.8 Å². The van der Waals surface area contributed by atoms with E-state index in [0.29, 0.717) is 17.8 Å². The van der Waals surface area contributed by atoms with Gasteiger partial charge in [0.05, 0.1) is 11.7 Å². The Morgan fingerprint density at radius 3 is 2.59 bits per heavy atom. The van der Waals surface area contributed by atoms with Crippen LogP contribution in [0.3, 0.4) is 0 Å². The van der Waals surface area contributed by atoms with Crippen LogP contribution in [0.1, 0.15) is 55.6 Å². The van der Waals surface area contributed by atoms with Gasteiger partial charge in [0.1, 0.15) is 10.0 Å². The molecule has 174 valence electrons. The number of hydrogen-bond acceptors (Lipinski definition) is 9. The van der Waals surface area contributed by atoms with E-state index in [2.05, 4.69) is 30.7 Å². The molecule has 3 atom stereocenters. The smallest absolute Gasteiger partial charge is 0.309 e. The summed E-state index contributed by atoms with van der Waals surface area (Å²) in [4.78, 5) is 44.0. The summed E-state index contributed by atoms with van der Waals surface area (Å²) in [6, 6.07) is -0.766. The molecule has 10 nitrogen and oxygen atoms in total. The number of halogens is 1. The number of aromatic nitrogens is 3. The Bertz CT molecular complexity index is 1010. The van der Waals surface area contributed by atoms with E-state index < -0.39 is 17.9 Å². The van der Waals surface area contributed by atoms with Crippen LogP contribution < -0.4 is 16.4 Å². The van der Waals surface area contributed by atoms with Crippen LogP contribution >= 0.6 is 35.1 Å². The summed E-state index contributed by atoms with van der Waals surface area (Å²) in [5.41, 5.74) is 6.10. The molecule has 0 radical (unpaired) electrons. The number of carbonyl (C=O) groups excluding carboxylic acids is 3. The van der Waals surface area contributed by atoms with E-state index in [4.69, 9.17) is 5.73 Å². The molecule has 0 bridgehead atoms. The topological polar surface area (TPSA) is 143 Å². The molecule has 0 saturated heterocycles. The van der Waals surface area contributed by atoms with Gasteiger partial charge in [-0.05, 0) is 33.2 Å².